The van der Waals surface area contributed by atoms with Gasteiger partial charge in [-0.3, -0.25) is 9.59 Å². The molecule has 4 rings (SSSR count). The highest BCUT2D eigenvalue weighted by Gasteiger charge is 2.72. The summed E-state index contributed by atoms with van der Waals surface area (Å²) in [6, 6.07) is 7.29. The number of hydrogen-bond acceptors (Lipinski definition) is 7. The molecule has 1 aromatic carbocycles. The minimum Gasteiger partial charge on any atom is -0.443 e. The van der Waals surface area contributed by atoms with E-state index in [4.69, 9.17) is 18.9 Å². The molecule has 3 fully saturated rings. The van der Waals surface area contributed by atoms with Crippen molar-refractivity contribution in [2.75, 3.05) is 19.0 Å². The lowest BCUT2D eigenvalue weighted by Crippen LogP contribution is -2.56. The fraction of sp³-hybridized carbons (Fsp3) is 0.667. The fourth-order valence-corrected chi connectivity index (χ4v) is 6.14. The standard InChI is InChI=1S/C33H48N2O7/c1-21(2)11-16-26-32(6,42-26)29-28(39-7)24(17-18-33(29)20-40-33)41-30(38)34-19-22-12-14-23(15-13-22)35-27(37)10-8-9-25(36)31(3,4)5/h11-15,24,26,28-29H,8-10,16-20H2,1-7H3,(H,34,38)(H,35,37)/t24-,26-,28-,29-,32?,33+/m1/s1. The number of ketones is 1. The van der Waals surface area contributed by atoms with Gasteiger partial charge < -0.3 is 29.6 Å². The summed E-state index contributed by atoms with van der Waals surface area (Å²) in [5.41, 5.74) is 1.76. The lowest BCUT2D eigenvalue weighted by Gasteiger charge is -2.42. The molecule has 6 atom stereocenters. The maximum atomic E-state index is 12.8. The average molecular weight is 585 g/mol. The normalized spacial score (nSPS) is 29.9. The predicted molar refractivity (Wildman–Crippen MR) is 160 cm³/mol. The Balaban J connectivity index is 1.24. The highest BCUT2D eigenvalue weighted by atomic mass is 16.6. The Bertz CT molecular complexity index is 1160. The van der Waals surface area contributed by atoms with Crippen LogP contribution in [0.3, 0.4) is 0 Å². The van der Waals surface area contributed by atoms with E-state index in [-0.39, 0.29) is 59.4 Å². The Morgan fingerprint density at radius 1 is 1.12 bits per heavy atom. The van der Waals surface area contributed by atoms with Gasteiger partial charge in [-0.1, -0.05) is 44.6 Å². The van der Waals surface area contributed by atoms with E-state index in [1.807, 2.05) is 32.9 Å². The van der Waals surface area contributed by atoms with Crippen LogP contribution >= 0.6 is 0 Å². The van der Waals surface area contributed by atoms with Crippen LogP contribution in [0.1, 0.15) is 85.6 Å². The third kappa shape index (κ3) is 7.79. The number of hydrogen-bond donors (Lipinski definition) is 2. The summed E-state index contributed by atoms with van der Waals surface area (Å²) in [6.45, 7) is 12.9. The number of alkyl carbamates (subject to hydrolysis) is 1. The summed E-state index contributed by atoms with van der Waals surface area (Å²) in [5, 5.41) is 5.70. The highest BCUT2D eigenvalue weighted by Crippen LogP contribution is 2.59. The molecule has 2 heterocycles. The molecule has 0 aromatic heterocycles. The first kappa shape index (κ1) is 32.2. The number of allylic oxidation sites excluding steroid dienone is 1. The zero-order valence-corrected chi connectivity index (χ0v) is 26.2. The Morgan fingerprint density at radius 3 is 2.40 bits per heavy atom. The predicted octanol–water partition coefficient (Wildman–Crippen LogP) is 5.71. The summed E-state index contributed by atoms with van der Waals surface area (Å²) < 4.78 is 24.1. The van der Waals surface area contributed by atoms with Crippen LogP contribution < -0.4 is 10.6 Å². The molecular formula is C33H48N2O7. The van der Waals surface area contributed by atoms with Crippen molar-refractivity contribution in [3.63, 3.8) is 0 Å². The Kier molecular flexibility index (Phi) is 9.85. The molecule has 232 valence electrons. The molecule has 2 N–H and O–H groups in total. The van der Waals surface area contributed by atoms with Crippen molar-refractivity contribution in [2.24, 2.45) is 11.3 Å². The van der Waals surface area contributed by atoms with E-state index in [0.29, 0.717) is 31.6 Å². The summed E-state index contributed by atoms with van der Waals surface area (Å²) in [4.78, 5) is 37.1. The molecule has 2 aliphatic heterocycles. The van der Waals surface area contributed by atoms with Gasteiger partial charge in [0.25, 0.3) is 0 Å². The molecule has 1 aliphatic carbocycles. The van der Waals surface area contributed by atoms with Crippen molar-refractivity contribution in [3.8, 4) is 0 Å². The first-order chi connectivity index (χ1) is 19.8. The first-order valence-electron chi connectivity index (χ1n) is 15.1. The number of methoxy groups -OCH3 is 1. The van der Waals surface area contributed by atoms with Crippen LogP contribution in [0.5, 0.6) is 0 Å². The molecule has 2 saturated heterocycles. The number of carbonyl (C=O) groups excluding carboxylic acids is 3. The van der Waals surface area contributed by atoms with Crippen molar-refractivity contribution in [2.45, 2.75) is 116 Å². The fourth-order valence-electron chi connectivity index (χ4n) is 6.14. The molecule has 3 aliphatic rings. The molecule has 9 heteroatoms. The number of anilines is 1. The molecule has 2 amide bonds. The van der Waals surface area contributed by atoms with E-state index in [2.05, 4.69) is 37.5 Å². The highest BCUT2D eigenvalue weighted by molar-refractivity contribution is 5.91. The summed E-state index contributed by atoms with van der Waals surface area (Å²) in [5.74, 6) is -0.00172. The number of benzene rings is 1. The van der Waals surface area contributed by atoms with Crippen molar-refractivity contribution in [1.82, 2.24) is 5.32 Å². The second kappa shape index (κ2) is 12.9. The van der Waals surface area contributed by atoms with Crippen LogP contribution in [0.15, 0.2) is 35.9 Å². The number of nitrogens with one attached hydrogen (secondary N) is 2. The second-order valence-corrected chi connectivity index (χ2v) is 13.4. The van der Waals surface area contributed by atoms with Gasteiger partial charge in [0.15, 0.2) is 0 Å². The van der Waals surface area contributed by atoms with Crippen LogP contribution in [0.2, 0.25) is 0 Å². The molecule has 1 aromatic rings. The SMILES string of the molecule is CO[C@H]1[C@H](C2(C)O[C@@H]2CC=C(C)C)[C@]2(CC[C@H]1OC(=O)NCc1ccc(NC(=O)CCCC(=O)C(C)(C)C)cc1)CO2. The van der Waals surface area contributed by atoms with E-state index < -0.39 is 12.2 Å². The maximum Gasteiger partial charge on any atom is 0.407 e. The number of amides is 2. The molecule has 42 heavy (non-hydrogen) atoms. The lowest BCUT2D eigenvalue weighted by molar-refractivity contribution is -0.126. The van der Waals surface area contributed by atoms with Gasteiger partial charge in [-0.25, -0.2) is 4.79 Å². The van der Waals surface area contributed by atoms with E-state index in [1.165, 1.54) is 5.57 Å². The zero-order valence-electron chi connectivity index (χ0n) is 26.2. The Hall–Kier alpha value is -2.75. The van der Waals surface area contributed by atoms with Gasteiger partial charge in [0, 0.05) is 37.6 Å². The van der Waals surface area contributed by atoms with Crippen LogP contribution in [0.25, 0.3) is 0 Å². The van der Waals surface area contributed by atoms with E-state index in [9.17, 15) is 14.4 Å². The third-order valence-electron chi connectivity index (χ3n) is 8.81. The lowest BCUT2D eigenvalue weighted by atomic mass is 9.68. The molecule has 1 saturated carbocycles. The molecule has 0 bridgehead atoms. The van der Waals surface area contributed by atoms with E-state index in [1.54, 1.807) is 19.2 Å². The smallest absolute Gasteiger partial charge is 0.407 e. The maximum absolute atomic E-state index is 12.8. The topological polar surface area (TPSA) is 119 Å². The van der Waals surface area contributed by atoms with E-state index >= 15 is 0 Å². The molecule has 9 nitrogen and oxygen atoms in total. The Morgan fingerprint density at radius 2 is 1.81 bits per heavy atom. The average Bonchev–Trinajstić information content (AvgIpc) is 3.84. The monoisotopic (exact) mass is 584 g/mol. The summed E-state index contributed by atoms with van der Waals surface area (Å²) in [6.07, 6.45) is 4.55. The zero-order chi connectivity index (χ0) is 30.7. The largest absolute Gasteiger partial charge is 0.443 e. The van der Waals surface area contributed by atoms with Gasteiger partial charge in [-0.2, -0.15) is 0 Å². The number of epoxide rings is 2. The minimum atomic E-state index is -0.501. The van der Waals surface area contributed by atoms with Crippen molar-refractivity contribution in [1.29, 1.82) is 0 Å². The quantitative estimate of drug-likeness (QED) is 0.238. The van der Waals surface area contributed by atoms with Gasteiger partial charge in [-0.05, 0) is 64.2 Å². The molecule has 1 spiro atoms. The van der Waals surface area contributed by atoms with Gasteiger partial charge >= 0.3 is 6.09 Å². The van der Waals surface area contributed by atoms with Crippen molar-refractivity contribution in [3.05, 3.63) is 41.5 Å². The van der Waals surface area contributed by atoms with Gasteiger partial charge in [-0.15, -0.1) is 0 Å². The van der Waals surface area contributed by atoms with Gasteiger partial charge in [0.05, 0.1) is 18.6 Å². The van der Waals surface area contributed by atoms with Crippen molar-refractivity contribution >= 4 is 23.5 Å². The van der Waals surface area contributed by atoms with Crippen LogP contribution in [-0.2, 0) is 35.1 Å². The van der Waals surface area contributed by atoms with Crippen molar-refractivity contribution < 1.29 is 33.3 Å². The van der Waals surface area contributed by atoms with Crippen LogP contribution in [0, 0.1) is 11.3 Å². The molecule has 0 radical (unpaired) electrons. The van der Waals surface area contributed by atoms with Crippen LogP contribution in [-0.4, -0.2) is 61.0 Å². The Labute approximate surface area is 250 Å². The summed E-state index contributed by atoms with van der Waals surface area (Å²) >= 11 is 0. The first-order valence-corrected chi connectivity index (χ1v) is 15.1. The number of rotatable bonds is 12. The van der Waals surface area contributed by atoms with E-state index in [0.717, 1.165) is 18.4 Å². The number of Topliss-reactive ketones (excluding diaryl/α,β-unsaturated/α-hetero) is 1. The summed E-state index contributed by atoms with van der Waals surface area (Å²) in [7, 11) is 1.66. The molecule has 1 unspecified atom stereocenters. The second-order valence-electron chi connectivity index (χ2n) is 13.4. The van der Waals surface area contributed by atoms with Gasteiger partial charge in [0.1, 0.15) is 29.2 Å². The number of carbonyl (C=O) groups is 3. The molecular weight excluding hydrogens is 536 g/mol. The third-order valence-corrected chi connectivity index (χ3v) is 8.81. The number of ether oxygens (including phenoxy) is 4. The van der Waals surface area contributed by atoms with Crippen LogP contribution in [0.4, 0.5) is 10.5 Å². The van der Waals surface area contributed by atoms with Gasteiger partial charge in [0.2, 0.25) is 5.91 Å². The minimum absolute atomic E-state index is 0.0288.